The van der Waals surface area contributed by atoms with Crippen molar-refractivity contribution in [1.29, 1.82) is 0 Å². The van der Waals surface area contributed by atoms with Gasteiger partial charge in [0.05, 0.1) is 11.9 Å². The Morgan fingerprint density at radius 1 is 1.00 bits per heavy atom. The molecule has 0 aliphatic rings. The lowest BCUT2D eigenvalue weighted by Crippen LogP contribution is -2.29. The average Bonchev–Trinajstić information content (AvgIpc) is 3.18. The van der Waals surface area contributed by atoms with Gasteiger partial charge in [0.1, 0.15) is 5.69 Å². The van der Waals surface area contributed by atoms with Crippen LogP contribution in [-0.2, 0) is 10.0 Å². The molecule has 0 amide bonds. The fourth-order valence-corrected chi connectivity index (χ4v) is 3.82. The largest absolute Gasteiger partial charge is 0.325 e. The lowest BCUT2D eigenvalue weighted by molar-refractivity contribution is 0.599. The first kappa shape index (κ1) is 19.6. The van der Waals surface area contributed by atoms with E-state index in [1.807, 2.05) is 4.98 Å². The third-order valence-corrected chi connectivity index (χ3v) is 5.73. The molecule has 0 spiro atoms. The maximum absolute atomic E-state index is 12.4. The van der Waals surface area contributed by atoms with Crippen molar-refractivity contribution in [3.63, 3.8) is 0 Å². The maximum atomic E-state index is 12.4. The lowest BCUT2D eigenvalue weighted by Gasteiger charge is -2.07. The second kappa shape index (κ2) is 7.61. The van der Waals surface area contributed by atoms with Crippen molar-refractivity contribution in [2.24, 2.45) is 0 Å². The minimum Gasteiger partial charge on any atom is -0.313 e. The molecule has 30 heavy (non-hydrogen) atoms. The zero-order valence-electron chi connectivity index (χ0n) is 15.0. The van der Waals surface area contributed by atoms with E-state index in [0.717, 1.165) is 11.9 Å². The molecule has 2 aromatic carbocycles. The SMILES string of the molecule is O=c1[nH]cc(S(=O)(=O)Nc2ccc(-c3cn(-c4ccc(Cl)cc4)nn3)cc2)c(=O)[nH]1. The molecule has 0 saturated carbocycles. The van der Waals surface area contributed by atoms with Gasteiger partial charge in [-0.2, -0.15) is 0 Å². The van der Waals surface area contributed by atoms with Crippen LogP contribution in [0.1, 0.15) is 0 Å². The Morgan fingerprint density at radius 3 is 2.37 bits per heavy atom. The standard InChI is InChI=1S/C18H13ClN6O4S/c19-12-3-7-14(8-4-12)25-10-15(22-24-25)11-1-5-13(6-2-11)23-30(28,29)16-9-20-18(27)21-17(16)26/h1-10,23H,(H2,20,21,26,27). The van der Waals surface area contributed by atoms with Gasteiger partial charge in [-0.3, -0.25) is 14.5 Å². The molecule has 4 rings (SSSR count). The number of anilines is 1. The van der Waals surface area contributed by atoms with Crippen molar-refractivity contribution in [2.45, 2.75) is 4.90 Å². The van der Waals surface area contributed by atoms with E-state index in [0.29, 0.717) is 16.3 Å². The van der Waals surface area contributed by atoms with E-state index < -0.39 is 26.2 Å². The molecule has 0 unspecified atom stereocenters. The van der Waals surface area contributed by atoms with Gasteiger partial charge in [-0.25, -0.2) is 17.9 Å². The van der Waals surface area contributed by atoms with Crippen LogP contribution in [0.25, 0.3) is 16.9 Å². The van der Waals surface area contributed by atoms with Gasteiger partial charge in [0.2, 0.25) is 0 Å². The van der Waals surface area contributed by atoms with Crippen LogP contribution in [0.2, 0.25) is 5.02 Å². The highest BCUT2D eigenvalue weighted by Gasteiger charge is 2.19. The topological polar surface area (TPSA) is 143 Å². The molecule has 152 valence electrons. The van der Waals surface area contributed by atoms with Crippen molar-refractivity contribution in [3.05, 3.63) is 86.8 Å². The molecular weight excluding hydrogens is 432 g/mol. The monoisotopic (exact) mass is 444 g/mol. The number of aromatic amines is 2. The number of nitrogens with zero attached hydrogens (tertiary/aromatic N) is 3. The highest BCUT2D eigenvalue weighted by Crippen LogP contribution is 2.22. The van der Waals surface area contributed by atoms with Gasteiger partial charge in [0.25, 0.3) is 15.6 Å². The Morgan fingerprint density at radius 2 is 1.70 bits per heavy atom. The molecule has 0 atom stereocenters. The third kappa shape index (κ3) is 4.02. The van der Waals surface area contributed by atoms with Crippen LogP contribution in [0.3, 0.4) is 0 Å². The quantitative estimate of drug-likeness (QED) is 0.428. The molecule has 0 radical (unpaired) electrons. The number of halogens is 1. The zero-order valence-corrected chi connectivity index (χ0v) is 16.6. The molecule has 4 aromatic rings. The molecule has 2 heterocycles. The molecule has 0 fully saturated rings. The predicted octanol–water partition coefficient (Wildman–Crippen LogP) is 1.77. The van der Waals surface area contributed by atoms with Crippen molar-refractivity contribution < 1.29 is 8.42 Å². The Labute approximate surface area is 174 Å². The minimum absolute atomic E-state index is 0.231. The molecular formula is C18H13ClN6O4S. The van der Waals surface area contributed by atoms with Crippen molar-refractivity contribution in [2.75, 3.05) is 4.72 Å². The first-order valence-corrected chi connectivity index (χ1v) is 10.3. The number of aromatic nitrogens is 5. The number of sulfonamides is 1. The third-order valence-electron chi connectivity index (χ3n) is 4.09. The summed E-state index contributed by atoms with van der Waals surface area (Å²) in [5.74, 6) is 0. The van der Waals surface area contributed by atoms with Crippen molar-refractivity contribution >= 4 is 27.3 Å². The molecule has 0 saturated heterocycles. The highest BCUT2D eigenvalue weighted by molar-refractivity contribution is 7.92. The van der Waals surface area contributed by atoms with E-state index in [1.54, 1.807) is 47.3 Å². The highest BCUT2D eigenvalue weighted by atomic mass is 35.5. The average molecular weight is 445 g/mol. The van der Waals surface area contributed by atoms with Crippen LogP contribution >= 0.6 is 11.6 Å². The van der Waals surface area contributed by atoms with Crippen LogP contribution in [-0.4, -0.2) is 33.4 Å². The van der Waals surface area contributed by atoms with Crippen LogP contribution < -0.4 is 16.0 Å². The molecule has 2 aromatic heterocycles. The van der Waals surface area contributed by atoms with Crippen LogP contribution in [0.5, 0.6) is 0 Å². The first-order chi connectivity index (χ1) is 14.3. The van der Waals surface area contributed by atoms with Crippen LogP contribution in [0, 0.1) is 0 Å². The Balaban J connectivity index is 1.55. The summed E-state index contributed by atoms with van der Waals surface area (Å²) in [6.07, 6.45) is 2.56. The summed E-state index contributed by atoms with van der Waals surface area (Å²) in [6, 6.07) is 13.5. The van der Waals surface area contributed by atoms with E-state index in [-0.39, 0.29) is 5.69 Å². The Bertz CT molecular complexity index is 1420. The van der Waals surface area contributed by atoms with Crippen molar-refractivity contribution in [1.82, 2.24) is 25.0 Å². The summed E-state index contributed by atoms with van der Waals surface area (Å²) in [5.41, 5.74) is 0.496. The molecule has 0 bridgehead atoms. The number of nitrogens with one attached hydrogen (secondary N) is 3. The predicted molar refractivity (Wildman–Crippen MR) is 110 cm³/mol. The van der Waals surface area contributed by atoms with E-state index in [1.165, 1.54) is 12.1 Å². The molecule has 10 nitrogen and oxygen atoms in total. The van der Waals surface area contributed by atoms with E-state index in [2.05, 4.69) is 20.0 Å². The summed E-state index contributed by atoms with van der Waals surface area (Å²) in [5, 5.41) is 8.81. The number of rotatable bonds is 5. The number of H-pyrrole nitrogens is 2. The van der Waals surface area contributed by atoms with Gasteiger partial charge in [-0.05, 0) is 36.4 Å². The van der Waals surface area contributed by atoms with Gasteiger partial charge in [0.15, 0.2) is 4.90 Å². The maximum Gasteiger partial charge on any atom is 0.325 e. The van der Waals surface area contributed by atoms with E-state index in [4.69, 9.17) is 11.6 Å². The fourth-order valence-electron chi connectivity index (χ4n) is 2.63. The van der Waals surface area contributed by atoms with Gasteiger partial charge in [-0.15, -0.1) is 5.10 Å². The van der Waals surface area contributed by atoms with Gasteiger partial charge >= 0.3 is 5.69 Å². The first-order valence-electron chi connectivity index (χ1n) is 8.45. The lowest BCUT2D eigenvalue weighted by atomic mass is 10.1. The van der Waals surface area contributed by atoms with Crippen LogP contribution in [0.15, 0.2) is 75.4 Å². The zero-order chi connectivity index (χ0) is 21.3. The Kier molecular flexibility index (Phi) is 4.98. The van der Waals surface area contributed by atoms with Gasteiger partial charge in [-0.1, -0.05) is 28.9 Å². The number of benzene rings is 2. The Hall–Kier alpha value is -3.70. The second-order valence-corrected chi connectivity index (χ2v) is 8.23. The number of hydrogen-bond donors (Lipinski definition) is 3. The summed E-state index contributed by atoms with van der Waals surface area (Å²) < 4.78 is 28.6. The smallest absolute Gasteiger partial charge is 0.313 e. The fraction of sp³-hybridized carbons (Fsp3) is 0. The summed E-state index contributed by atoms with van der Waals surface area (Å²) in [7, 11) is -4.18. The minimum atomic E-state index is -4.18. The van der Waals surface area contributed by atoms with Gasteiger partial charge < -0.3 is 4.98 Å². The number of hydrogen-bond acceptors (Lipinski definition) is 6. The summed E-state index contributed by atoms with van der Waals surface area (Å²) >= 11 is 5.89. The van der Waals surface area contributed by atoms with Gasteiger partial charge in [0, 0.05) is 22.5 Å². The normalized spacial score (nSPS) is 11.4. The van der Waals surface area contributed by atoms with E-state index in [9.17, 15) is 18.0 Å². The molecule has 0 aliphatic heterocycles. The summed E-state index contributed by atoms with van der Waals surface area (Å²) in [6.45, 7) is 0. The molecule has 12 heteroatoms. The van der Waals surface area contributed by atoms with E-state index >= 15 is 0 Å². The molecule has 3 N–H and O–H groups in total. The second-order valence-electron chi connectivity index (χ2n) is 6.14. The molecule has 0 aliphatic carbocycles. The van der Waals surface area contributed by atoms with Crippen molar-refractivity contribution in [3.8, 4) is 16.9 Å². The van der Waals surface area contributed by atoms with Crippen LogP contribution in [0.4, 0.5) is 5.69 Å². The summed E-state index contributed by atoms with van der Waals surface area (Å²) in [4.78, 5) is 26.2.